The summed E-state index contributed by atoms with van der Waals surface area (Å²) in [5, 5.41) is 9.12. The molecule has 1 unspecified atom stereocenters. The van der Waals surface area contributed by atoms with Gasteiger partial charge >= 0.3 is 5.97 Å². The molecule has 0 saturated carbocycles. The molecule has 0 aromatic rings. The molecule has 0 aromatic heterocycles. The van der Waals surface area contributed by atoms with Crippen LogP contribution < -0.4 is 0 Å². The van der Waals surface area contributed by atoms with E-state index in [-0.39, 0.29) is 24.3 Å². The molecule has 0 rings (SSSR count). The van der Waals surface area contributed by atoms with Crippen molar-refractivity contribution in [3.63, 3.8) is 0 Å². The van der Waals surface area contributed by atoms with Crippen LogP contribution in [0, 0.1) is 0 Å². The number of esters is 1. The Balaban J connectivity index is 3.81. The van der Waals surface area contributed by atoms with Crippen molar-refractivity contribution in [2.24, 2.45) is 0 Å². The van der Waals surface area contributed by atoms with Crippen LogP contribution in [0.15, 0.2) is 0 Å². The smallest absolute Gasteiger partial charge is 0.334 e. The summed E-state index contributed by atoms with van der Waals surface area (Å²) in [6.45, 7) is 1.56. The van der Waals surface area contributed by atoms with Gasteiger partial charge in [0.1, 0.15) is 9.84 Å². The Morgan fingerprint density at radius 3 is 2.50 bits per heavy atom. The van der Waals surface area contributed by atoms with Gasteiger partial charge in [-0.2, -0.15) is 0 Å². The van der Waals surface area contributed by atoms with E-state index < -0.39 is 21.9 Å². The van der Waals surface area contributed by atoms with Gasteiger partial charge < -0.3 is 9.84 Å². The molecule has 0 aromatic carbocycles. The van der Waals surface area contributed by atoms with Gasteiger partial charge in [0.15, 0.2) is 6.10 Å². The third-order valence-electron chi connectivity index (χ3n) is 1.85. The van der Waals surface area contributed by atoms with Gasteiger partial charge in [0.2, 0.25) is 0 Å². The highest BCUT2D eigenvalue weighted by molar-refractivity contribution is 7.91. The minimum Gasteiger partial charge on any atom is -0.467 e. The molecule has 1 atom stereocenters. The number of methoxy groups -OCH3 is 1. The molecular weight excluding hydrogens is 208 g/mol. The molecule has 0 fully saturated rings. The van der Waals surface area contributed by atoms with Crippen molar-refractivity contribution >= 4 is 15.8 Å². The lowest BCUT2D eigenvalue weighted by atomic mass is 10.2. The topological polar surface area (TPSA) is 80.7 Å². The van der Waals surface area contributed by atoms with Crippen molar-refractivity contribution in [1.29, 1.82) is 0 Å². The normalized spacial score (nSPS) is 13.6. The standard InChI is InChI=1S/C8H16O5S/c1-3-14(11,12)6-4-5-7(9)8(10)13-2/h7,9H,3-6H2,1-2H3. The molecule has 6 heteroatoms. The van der Waals surface area contributed by atoms with Crippen LogP contribution in [0.25, 0.3) is 0 Å². The van der Waals surface area contributed by atoms with Gasteiger partial charge in [0.05, 0.1) is 12.9 Å². The molecule has 0 aliphatic rings. The molecule has 14 heavy (non-hydrogen) atoms. The highest BCUT2D eigenvalue weighted by Crippen LogP contribution is 2.02. The predicted octanol–water partition coefficient (Wildman–Crippen LogP) is -0.265. The van der Waals surface area contributed by atoms with Gasteiger partial charge in [-0.05, 0) is 12.8 Å². The maximum absolute atomic E-state index is 11.0. The Kier molecular flexibility index (Phi) is 5.71. The first kappa shape index (κ1) is 13.4. The molecule has 1 N–H and O–H groups in total. The molecule has 84 valence electrons. The second-order valence-corrected chi connectivity index (χ2v) is 5.39. The van der Waals surface area contributed by atoms with Crippen molar-refractivity contribution < 1.29 is 23.1 Å². The van der Waals surface area contributed by atoms with Crippen LogP contribution in [0.3, 0.4) is 0 Å². The zero-order valence-corrected chi connectivity index (χ0v) is 9.21. The van der Waals surface area contributed by atoms with Crippen molar-refractivity contribution in [1.82, 2.24) is 0 Å². The van der Waals surface area contributed by atoms with E-state index in [1.165, 1.54) is 7.11 Å². The van der Waals surface area contributed by atoms with Crippen LogP contribution in [0.1, 0.15) is 19.8 Å². The van der Waals surface area contributed by atoms with E-state index >= 15 is 0 Å². The molecular formula is C8H16O5S. The summed E-state index contributed by atoms with van der Waals surface area (Å²) in [7, 11) is -1.84. The molecule has 0 aliphatic heterocycles. The van der Waals surface area contributed by atoms with E-state index in [9.17, 15) is 13.2 Å². The predicted molar refractivity (Wildman–Crippen MR) is 51.6 cm³/mol. The summed E-state index contributed by atoms with van der Waals surface area (Å²) in [5.41, 5.74) is 0. The van der Waals surface area contributed by atoms with Crippen molar-refractivity contribution in [3.8, 4) is 0 Å². The lowest BCUT2D eigenvalue weighted by Gasteiger charge is -2.07. The van der Waals surface area contributed by atoms with E-state index in [1.54, 1.807) is 6.92 Å². The van der Waals surface area contributed by atoms with Gasteiger partial charge in [-0.1, -0.05) is 6.92 Å². The summed E-state index contributed by atoms with van der Waals surface area (Å²) in [6.07, 6.45) is -0.828. The number of carbonyl (C=O) groups excluding carboxylic acids is 1. The Morgan fingerprint density at radius 1 is 1.50 bits per heavy atom. The van der Waals surface area contributed by atoms with Crippen LogP contribution in [-0.2, 0) is 19.4 Å². The van der Waals surface area contributed by atoms with Crippen LogP contribution in [0.4, 0.5) is 0 Å². The third-order valence-corrected chi connectivity index (χ3v) is 3.64. The number of hydrogen-bond donors (Lipinski definition) is 1. The minimum atomic E-state index is -3.01. The Bertz CT molecular complexity index is 269. The van der Waals surface area contributed by atoms with E-state index in [0.717, 1.165) is 0 Å². The maximum Gasteiger partial charge on any atom is 0.334 e. The zero-order chi connectivity index (χ0) is 11.2. The van der Waals surface area contributed by atoms with Crippen LogP contribution in [-0.4, -0.2) is 44.2 Å². The number of ether oxygens (including phenoxy) is 1. The van der Waals surface area contributed by atoms with Gasteiger partial charge in [0.25, 0.3) is 0 Å². The molecule has 5 nitrogen and oxygen atoms in total. The maximum atomic E-state index is 11.0. The van der Waals surface area contributed by atoms with Gasteiger partial charge in [0, 0.05) is 5.75 Å². The van der Waals surface area contributed by atoms with Crippen LogP contribution >= 0.6 is 0 Å². The first-order valence-electron chi connectivity index (χ1n) is 4.39. The van der Waals surface area contributed by atoms with E-state index in [2.05, 4.69) is 4.74 Å². The lowest BCUT2D eigenvalue weighted by molar-refractivity contribution is -0.150. The van der Waals surface area contributed by atoms with Crippen LogP contribution in [0.5, 0.6) is 0 Å². The zero-order valence-electron chi connectivity index (χ0n) is 8.39. The summed E-state index contributed by atoms with van der Waals surface area (Å²) in [4.78, 5) is 10.7. The fraction of sp³-hybridized carbons (Fsp3) is 0.875. The summed E-state index contributed by atoms with van der Waals surface area (Å²) >= 11 is 0. The SMILES string of the molecule is CCS(=O)(=O)CCCC(O)C(=O)OC. The summed E-state index contributed by atoms with van der Waals surface area (Å²) in [6, 6.07) is 0. The molecule has 0 bridgehead atoms. The van der Waals surface area contributed by atoms with Crippen molar-refractivity contribution in [2.45, 2.75) is 25.9 Å². The van der Waals surface area contributed by atoms with Gasteiger partial charge in [-0.15, -0.1) is 0 Å². The highest BCUT2D eigenvalue weighted by atomic mass is 32.2. The minimum absolute atomic E-state index is 0.00243. The van der Waals surface area contributed by atoms with Crippen molar-refractivity contribution in [2.75, 3.05) is 18.6 Å². The quantitative estimate of drug-likeness (QED) is 0.628. The third kappa shape index (κ3) is 5.18. The highest BCUT2D eigenvalue weighted by Gasteiger charge is 2.16. The number of rotatable bonds is 6. The monoisotopic (exact) mass is 224 g/mol. The molecule has 0 saturated heterocycles. The molecule has 0 radical (unpaired) electrons. The van der Waals surface area contributed by atoms with Crippen molar-refractivity contribution in [3.05, 3.63) is 0 Å². The molecule has 0 heterocycles. The Labute approximate surface area is 84.0 Å². The molecule has 0 aliphatic carbocycles. The number of sulfone groups is 1. The molecule has 0 amide bonds. The average Bonchev–Trinajstić information content (AvgIpc) is 2.16. The number of carbonyl (C=O) groups is 1. The average molecular weight is 224 g/mol. The fourth-order valence-corrected chi connectivity index (χ4v) is 1.79. The molecule has 0 spiro atoms. The second-order valence-electron chi connectivity index (χ2n) is 2.92. The Hall–Kier alpha value is -0.620. The van der Waals surface area contributed by atoms with E-state index in [1.807, 2.05) is 0 Å². The Morgan fingerprint density at radius 2 is 2.07 bits per heavy atom. The van der Waals surface area contributed by atoms with Gasteiger partial charge in [-0.3, -0.25) is 0 Å². The number of aliphatic hydroxyl groups is 1. The van der Waals surface area contributed by atoms with Crippen LogP contribution in [0.2, 0.25) is 0 Å². The largest absolute Gasteiger partial charge is 0.467 e. The van der Waals surface area contributed by atoms with E-state index in [0.29, 0.717) is 0 Å². The van der Waals surface area contributed by atoms with E-state index in [4.69, 9.17) is 5.11 Å². The summed E-state index contributed by atoms with van der Waals surface area (Å²) < 4.78 is 26.3. The lowest BCUT2D eigenvalue weighted by Crippen LogP contribution is -2.22. The number of hydrogen-bond acceptors (Lipinski definition) is 5. The number of aliphatic hydroxyl groups excluding tert-OH is 1. The second kappa shape index (κ2) is 5.98. The fourth-order valence-electron chi connectivity index (χ4n) is 0.895. The van der Waals surface area contributed by atoms with Gasteiger partial charge in [-0.25, -0.2) is 13.2 Å². The first-order valence-corrected chi connectivity index (χ1v) is 6.21. The summed E-state index contributed by atoms with van der Waals surface area (Å²) in [5.74, 6) is -0.641. The first-order chi connectivity index (χ1) is 6.43.